The van der Waals surface area contributed by atoms with Crippen molar-refractivity contribution in [3.05, 3.63) is 59.7 Å². The maximum atomic E-state index is 11.8. The van der Waals surface area contributed by atoms with Crippen LogP contribution in [0.3, 0.4) is 0 Å². The predicted molar refractivity (Wildman–Crippen MR) is 73.1 cm³/mol. The molecule has 0 N–H and O–H groups in total. The maximum absolute atomic E-state index is 11.8. The summed E-state index contributed by atoms with van der Waals surface area (Å²) in [5.74, 6) is -0.490. The van der Waals surface area contributed by atoms with Gasteiger partial charge in [-0.05, 0) is 24.3 Å². The summed E-state index contributed by atoms with van der Waals surface area (Å²) in [6.45, 7) is 0. The Bertz CT molecular complexity index is 632. The second kappa shape index (κ2) is 6.07. The summed E-state index contributed by atoms with van der Waals surface area (Å²) in [5, 5.41) is 9.09. The summed E-state index contributed by atoms with van der Waals surface area (Å²) < 4.78 is 4.75. The van der Waals surface area contributed by atoms with E-state index in [0.717, 1.165) is 9.79 Å². The van der Waals surface area contributed by atoms with Crippen LogP contribution in [0.15, 0.2) is 58.3 Å². The van der Waals surface area contributed by atoms with E-state index in [1.54, 1.807) is 12.1 Å². The van der Waals surface area contributed by atoms with Gasteiger partial charge in [0.1, 0.15) is 6.07 Å². The Labute approximate surface area is 115 Å². The third-order valence-corrected chi connectivity index (χ3v) is 3.58. The largest absolute Gasteiger partial charge is 0.465 e. The van der Waals surface area contributed by atoms with Gasteiger partial charge >= 0.3 is 5.97 Å². The van der Waals surface area contributed by atoms with Crippen molar-refractivity contribution in [2.75, 3.05) is 7.11 Å². The number of rotatable bonds is 3. The van der Waals surface area contributed by atoms with E-state index in [2.05, 4.69) is 0 Å². The van der Waals surface area contributed by atoms with Crippen molar-refractivity contribution >= 4 is 17.7 Å². The van der Waals surface area contributed by atoms with Gasteiger partial charge in [0.25, 0.3) is 0 Å². The van der Waals surface area contributed by atoms with Crippen LogP contribution in [0.4, 0.5) is 0 Å². The number of hydrogen-bond donors (Lipinski definition) is 0. The highest BCUT2D eigenvalue weighted by Gasteiger charge is 2.17. The maximum Gasteiger partial charge on any atom is 0.340 e. The fourth-order valence-corrected chi connectivity index (χ4v) is 2.63. The summed E-state index contributed by atoms with van der Waals surface area (Å²) in [4.78, 5) is 13.5. The quantitative estimate of drug-likeness (QED) is 0.800. The van der Waals surface area contributed by atoms with Crippen molar-refractivity contribution in [3.63, 3.8) is 0 Å². The second-order valence-corrected chi connectivity index (χ2v) is 4.81. The molecule has 3 nitrogen and oxygen atoms in total. The summed E-state index contributed by atoms with van der Waals surface area (Å²) in [5.41, 5.74) is 0.647. The number of carbonyl (C=O) groups is 1. The molecule has 0 unspecified atom stereocenters. The van der Waals surface area contributed by atoms with Gasteiger partial charge in [-0.15, -0.1) is 0 Å². The molecule has 0 saturated heterocycles. The number of benzene rings is 2. The van der Waals surface area contributed by atoms with E-state index in [4.69, 9.17) is 10.00 Å². The fraction of sp³-hybridized carbons (Fsp3) is 0.0667. The highest BCUT2D eigenvalue weighted by molar-refractivity contribution is 7.99. The Balaban J connectivity index is 2.46. The van der Waals surface area contributed by atoms with E-state index < -0.39 is 5.97 Å². The van der Waals surface area contributed by atoms with Crippen molar-refractivity contribution in [1.82, 2.24) is 0 Å². The van der Waals surface area contributed by atoms with Gasteiger partial charge in [0.15, 0.2) is 0 Å². The molecule has 2 rings (SSSR count). The minimum Gasteiger partial charge on any atom is -0.465 e. The summed E-state index contributed by atoms with van der Waals surface area (Å²) in [6.07, 6.45) is 0. The third-order valence-electron chi connectivity index (χ3n) is 2.51. The zero-order chi connectivity index (χ0) is 13.7. The van der Waals surface area contributed by atoms with Crippen molar-refractivity contribution in [2.24, 2.45) is 0 Å². The van der Waals surface area contributed by atoms with Gasteiger partial charge in [0.05, 0.1) is 18.2 Å². The van der Waals surface area contributed by atoms with E-state index >= 15 is 0 Å². The number of nitriles is 1. The topological polar surface area (TPSA) is 50.1 Å². The Morgan fingerprint density at radius 1 is 1.16 bits per heavy atom. The molecule has 0 heterocycles. The molecule has 0 radical (unpaired) electrons. The zero-order valence-corrected chi connectivity index (χ0v) is 11.1. The number of nitrogens with zero attached hydrogens (tertiary/aromatic N) is 1. The van der Waals surface area contributed by atoms with E-state index in [1.807, 2.05) is 42.5 Å². The Morgan fingerprint density at radius 2 is 1.89 bits per heavy atom. The summed E-state index contributed by atoms with van der Waals surface area (Å²) >= 11 is 1.44. The highest BCUT2D eigenvalue weighted by atomic mass is 32.2. The first kappa shape index (κ1) is 13.2. The molecule has 0 atom stereocenters. The first-order valence-electron chi connectivity index (χ1n) is 5.60. The molecule has 19 heavy (non-hydrogen) atoms. The zero-order valence-electron chi connectivity index (χ0n) is 10.3. The molecule has 2 aromatic carbocycles. The van der Waals surface area contributed by atoms with Crippen molar-refractivity contribution in [3.8, 4) is 6.07 Å². The van der Waals surface area contributed by atoms with Crippen LogP contribution in [-0.4, -0.2) is 13.1 Å². The van der Waals surface area contributed by atoms with Crippen LogP contribution >= 0.6 is 11.8 Å². The van der Waals surface area contributed by atoms with Crippen LogP contribution in [0, 0.1) is 11.3 Å². The molecule has 0 aliphatic heterocycles. The molecule has 4 heteroatoms. The molecule has 0 aliphatic rings. The number of esters is 1. The van der Waals surface area contributed by atoms with Gasteiger partial charge < -0.3 is 4.74 Å². The smallest absolute Gasteiger partial charge is 0.340 e. The molecule has 94 valence electrons. The van der Waals surface area contributed by atoms with Crippen molar-refractivity contribution in [1.29, 1.82) is 5.26 Å². The summed E-state index contributed by atoms with van der Waals surface area (Å²) in [7, 11) is 1.31. The number of ether oxygens (including phenoxy) is 1. The minimum absolute atomic E-state index is 0.321. The lowest BCUT2D eigenvalue weighted by molar-refractivity contribution is 0.0596. The van der Waals surface area contributed by atoms with Gasteiger partial charge in [-0.2, -0.15) is 5.26 Å². The molecule has 0 spiro atoms. The normalized spacial score (nSPS) is 9.68. The summed E-state index contributed by atoms with van der Waals surface area (Å²) in [6, 6.07) is 16.9. The van der Waals surface area contributed by atoms with Gasteiger partial charge in [-0.3, -0.25) is 0 Å². The van der Waals surface area contributed by atoms with Gasteiger partial charge in [-0.25, -0.2) is 4.79 Å². The molecular weight excluding hydrogens is 258 g/mol. The second-order valence-electron chi connectivity index (χ2n) is 3.70. The molecule has 0 amide bonds. The van der Waals surface area contributed by atoms with Gasteiger partial charge in [0.2, 0.25) is 0 Å². The molecule has 0 aromatic heterocycles. The van der Waals surface area contributed by atoms with E-state index in [1.165, 1.54) is 18.9 Å². The molecule has 2 aromatic rings. The van der Waals surface area contributed by atoms with Crippen molar-refractivity contribution < 1.29 is 9.53 Å². The Morgan fingerprint density at radius 3 is 2.53 bits per heavy atom. The van der Waals surface area contributed by atoms with E-state index in [9.17, 15) is 4.79 Å². The van der Waals surface area contributed by atoms with E-state index in [0.29, 0.717) is 11.1 Å². The van der Waals surface area contributed by atoms with Crippen LogP contribution in [0.25, 0.3) is 0 Å². The molecule has 0 bridgehead atoms. The first-order valence-corrected chi connectivity index (χ1v) is 6.42. The van der Waals surface area contributed by atoms with Crippen LogP contribution < -0.4 is 0 Å². The fourth-order valence-electron chi connectivity index (χ4n) is 1.64. The standard InChI is InChI=1S/C15H11NO2S/c1-18-15(17)14-11(10-16)6-5-9-13(14)19-12-7-3-2-4-8-12/h2-9H,1H3. The average molecular weight is 269 g/mol. The Hall–Kier alpha value is -2.25. The number of carbonyl (C=O) groups excluding carboxylic acids is 1. The Kier molecular flexibility index (Phi) is 4.22. The third kappa shape index (κ3) is 2.95. The monoisotopic (exact) mass is 269 g/mol. The van der Waals surface area contributed by atoms with Crippen LogP contribution in [-0.2, 0) is 4.74 Å². The number of methoxy groups -OCH3 is 1. The molecule has 0 fully saturated rings. The van der Waals surface area contributed by atoms with Gasteiger partial charge in [-0.1, -0.05) is 36.0 Å². The van der Waals surface area contributed by atoms with E-state index in [-0.39, 0.29) is 0 Å². The molecular formula is C15H11NO2S. The lowest BCUT2D eigenvalue weighted by atomic mass is 10.1. The molecule has 0 aliphatic carbocycles. The highest BCUT2D eigenvalue weighted by Crippen LogP contribution is 2.32. The molecule has 0 saturated carbocycles. The lowest BCUT2D eigenvalue weighted by Gasteiger charge is -2.08. The first-order chi connectivity index (χ1) is 9.26. The van der Waals surface area contributed by atoms with Crippen LogP contribution in [0.2, 0.25) is 0 Å². The average Bonchev–Trinajstić information content (AvgIpc) is 2.47. The SMILES string of the molecule is COC(=O)c1c(C#N)cccc1Sc1ccccc1. The predicted octanol–water partition coefficient (Wildman–Crippen LogP) is 3.50. The lowest BCUT2D eigenvalue weighted by Crippen LogP contribution is -2.06. The van der Waals surface area contributed by atoms with Crippen LogP contribution in [0.5, 0.6) is 0 Å². The number of hydrogen-bond acceptors (Lipinski definition) is 4. The minimum atomic E-state index is -0.490. The van der Waals surface area contributed by atoms with Crippen molar-refractivity contribution in [2.45, 2.75) is 9.79 Å². The van der Waals surface area contributed by atoms with Gasteiger partial charge in [0, 0.05) is 9.79 Å². The van der Waals surface area contributed by atoms with Crippen LogP contribution in [0.1, 0.15) is 15.9 Å².